The van der Waals surface area contributed by atoms with E-state index in [4.69, 9.17) is 4.74 Å². The third-order valence-corrected chi connectivity index (χ3v) is 3.30. The van der Waals surface area contributed by atoms with Gasteiger partial charge in [-0.3, -0.25) is 0 Å². The average Bonchev–Trinajstić information content (AvgIpc) is 2.40. The minimum atomic E-state index is -1.20. The van der Waals surface area contributed by atoms with Crippen molar-refractivity contribution < 1.29 is 27.8 Å². The summed E-state index contributed by atoms with van der Waals surface area (Å²) in [5.41, 5.74) is -0.836. The number of alkyl carbamates (subject to hydrolysis) is 1. The van der Waals surface area contributed by atoms with Crippen molar-refractivity contribution in [2.45, 2.75) is 38.8 Å². The molecule has 1 aromatic carbocycles. The van der Waals surface area contributed by atoms with Crippen LogP contribution in [0.15, 0.2) is 16.6 Å². The number of methoxy groups -OCH3 is 1. The Morgan fingerprint density at radius 1 is 1.26 bits per heavy atom. The van der Waals surface area contributed by atoms with Gasteiger partial charge in [0.2, 0.25) is 0 Å². The van der Waals surface area contributed by atoms with Gasteiger partial charge < -0.3 is 14.8 Å². The van der Waals surface area contributed by atoms with Gasteiger partial charge in [0.1, 0.15) is 23.3 Å². The topological polar surface area (TPSA) is 64.6 Å². The molecule has 0 aliphatic carbocycles. The van der Waals surface area contributed by atoms with Gasteiger partial charge in [0.25, 0.3) is 0 Å². The van der Waals surface area contributed by atoms with E-state index in [0.29, 0.717) is 0 Å². The second-order valence-electron chi connectivity index (χ2n) is 5.78. The molecule has 0 fully saturated rings. The molecule has 0 heterocycles. The second-order valence-corrected chi connectivity index (χ2v) is 6.64. The molecule has 0 aliphatic heterocycles. The van der Waals surface area contributed by atoms with Crippen LogP contribution in [0.5, 0.6) is 0 Å². The van der Waals surface area contributed by atoms with Crippen LogP contribution >= 0.6 is 15.9 Å². The molecule has 0 radical (unpaired) electrons. The van der Waals surface area contributed by atoms with Crippen LogP contribution in [0.1, 0.15) is 26.3 Å². The Hall–Kier alpha value is -1.70. The zero-order chi connectivity index (χ0) is 17.8. The molecule has 8 heteroatoms. The molecular formula is C15H18BrF2NO4. The van der Waals surface area contributed by atoms with E-state index in [9.17, 15) is 18.4 Å². The van der Waals surface area contributed by atoms with Crippen molar-refractivity contribution in [3.05, 3.63) is 33.8 Å². The normalized spacial score (nSPS) is 12.5. The van der Waals surface area contributed by atoms with E-state index in [2.05, 4.69) is 26.0 Å². The number of hydrogen-bond donors (Lipinski definition) is 1. The van der Waals surface area contributed by atoms with Gasteiger partial charge in [-0.15, -0.1) is 0 Å². The zero-order valence-electron chi connectivity index (χ0n) is 13.2. The molecule has 1 rings (SSSR count). The third kappa shape index (κ3) is 6.13. The highest BCUT2D eigenvalue weighted by molar-refractivity contribution is 9.10. The number of nitrogens with one attached hydrogen (secondary N) is 1. The van der Waals surface area contributed by atoms with E-state index in [0.717, 1.165) is 19.2 Å². The van der Waals surface area contributed by atoms with Crippen molar-refractivity contribution in [3.63, 3.8) is 0 Å². The number of ether oxygens (including phenoxy) is 2. The van der Waals surface area contributed by atoms with Gasteiger partial charge in [-0.25, -0.2) is 18.4 Å². The summed E-state index contributed by atoms with van der Waals surface area (Å²) in [7, 11) is 1.13. The quantitative estimate of drug-likeness (QED) is 0.629. The minimum absolute atomic E-state index is 0.0338. The minimum Gasteiger partial charge on any atom is -0.467 e. The maximum Gasteiger partial charge on any atom is 0.408 e. The molecule has 1 N–H and O–H groups in total. The van der Waals surface area contributed by atoms with Crippen molar-refractivity contribution in [1.29, 1.82) is 0 Å². The van der Waals surface area contributed by atoms with E-state index in [1.165, 1.54) is 0 Å². The Balaban J connectivity index is 2.94. The summed E-state index contributed by atoms with van der Waals surface area (Å²) in [6.07, 6.45) is -1.13. The van der Waals surface area contributed by atoms with Crippen molar-refractivity contribution in [3.8, 4) is 0 Å². The van der Waals surface area contributed by atoms with Crippen LogP contribution in [0.2, 0.25) is 0 Å². The number of halogens is 3. The number of carbonyl (C=O) groups is 2. The van der Waals surface area contributed by atoms with Gasteiger partial charge in [0.15, 0.2) is 0 Å². The lowest BCUT2D eigenvalue weighted by Gasteiger charge is -2.22. The molecule has 0 aliphatic rings. The van der Waals surface area contributed by atoms with Gasteiger partial charge in [0, 0.05) is 6.42 Å². The molecule has 1 amide bonds. The summed E-state index contributed by atoms with van der Waals surface area (Å²) in [4.78, 5) is 23.5. The predicted molar refractivity (Wildman–Crippen MR) is 82.9 cm³/mol. The average molecular weight is 394 g/mol. The van der Waals surface area contributed by atoms with Gasteiger partial charge >= 0.3 is 12.1 Å². The highest BCUT2D eigenvalue weighted by Crippen LogP contribution is 2.21. The first-order valence-corrected chi connectivity index (χ1v) is 7.53. The SMILES string of the molecule is COC(=O)[C@H](Cc1cc(F)c(Br)cc1F)NC(=O)OC(C)(C)C. The van der Waals surface area contributed by atoms with Crippen LogP contribution in [0.25, 0.3) is 0 Å². The van der Waals surface area contributed by atoms with Crippen LogP contribution in [-0.4, -0.2) is 30.8 Å². The number of esters is 1. The van der Waals surface area contributed by atoms with Crippen LogP contribution < -0.4 is 5.32 Å². The molecule has 23 heavy (non-hydrogen) atoms. The lowest BCUT2D eigenvalue weighted by molar-refractivity contribution is -0.143. The second kappa shape index (κ2) is 7.72. The van der Waals surface area contributed by atoms with Gasteiger partial charge in [-0.2, -0.15) is 0 Å². The molecule has 0 aromatic heterocycles. The van der Waals surface area contributed by atoms with Crippen LogP contribution in [0.3, 0.4) is 0 Å². The molecule has 0 saturated heterocycles. The molecule has 0 bridgehead atoms. The highest BCUT2D eigenvalue weighted by Gasteiger charge is 2.26. The number of amides is 1. The Bertz CT molecular complexity index is 602. The first-order valence-electron chi connectivity index (χ1n) is 6.74. The number of carbonyl (C=O) groups excluding carboxylic acids is 2. The van der Waals surface area contributed by atoms with Gasteiger partial charge in [0.05, 0.1) is 11.6 Å². The van der Waals surface area contributed by atoms with Gasteiger partial charge in [-0.1, -0.05) is 0 Å². The Morgan fingerprint density at radius 3 is 2.39 bits per heavy atom. The lowest BCUT2D eigenvalue weighted by atomic mass is 10.1. The summed E-state index contributed by atoms with van der Waals surface area (Å²) in [5, 5.41) is 2.30. The largest absolute Gasteiger partial charge is 0.467 e. The fraction of sp³-hybridized carbons (Fsp3) is 0.467. The molecule has 0 saturated carbocycles. The maximum absolute atomic E-state index is 13.9. The standard InChI is InChI=1S/C15H18BrF2NO4/c1-15(2,3)23-14(21)19-12(13(20)22-4)6-8-5-11(18)9(16)7-10(8)17/h5,7,12H,6H2,1-4H3,(H,19,21)/t12-/m0/s1. The summed E-state index contributed by atoms with van der Waals surface area (Å²) in [6, 6.07) is 0.698. The summed E-state index contributed by atoms with van der Waals surface area (Å²) >= 11 is 2.87. The fourth-order valence-electron chi connectivity index (χ4n) is 1.73. The number of rotatable bonds is 4. The van der Waals surface area contributed by atoms with E-state index < -0.39 is 35.3 Å². The van der Waals surface area contributed by atoms with Crippen molar-refractivity contribution in [2.75, 3.05) is 7.11 Å². The number of benzene rings is 1. The van der Waals surface area contributed by atoms with Crippen molar-refractivity contribution in [2.24, 2.45) is 0 Å². The smallest absolute Gasteiger partial charge is 0.408 e. The van der Waals surface area contributed by atoms with Gasteiger partial charge in [-0.05, 0) is 54.4 Å². The van der Waals surface area contributed by atoms with E-state index in [1.54, 1.807) is 20.8 Å². The molecule has 0 unspecified atom stereocenters. The molecular weight excluding hydrogens is 376 g/mol. The van der Waals surface area contributed by atoms with E-state index in [-0.39, 0.29) is 16.5 Å². The third-order valence-electron chi connectivity index (χ3n) is 2.69. The molecule has 1 aromatic rings. The van der Waals surface area contributed by atoms with Crippen LogP contribution in [0, 0.1) is 11.6 Å². The van der Waals surface area contributed by atoms with Crippen LogP contribution in [0.4, 0.5) is 13.6 Å². The molecule has 1 atom stereocenters. The summed E-state index contributed by atoms with van der Waals surface area (Å²) in [5.74, 6) is -2.18. The Labute approximate surface area is 141 Å². The van der Waals surface area contributed by atoms with Crippen molar-refractivity contribution in [1.82, 2.24) is 5.32 Å². The molecule has 5 nitrogen and oxygen atoms in total. The van der Waals surface area contributed by atoms with E-state index in [1.807, 2.05) is 0 Å². The van der Waals surface area contributed by atoms with Crippen molar-refractivity contribution >= 4 is 28.0 Å². The maximum atomic E-state index is 13.9. The Morgan fingerprint density at radius 2 is 1.87 bits per heavy atom. The monoisotopic (exact) mass is 393 g/mol. The van der Waals surface area contributed by atoms with Crippen LogP contribution in [-0.2, 0) is 20.7 Å². The first kappa shape index (κ1) is 19.3. The number of hydrogen-bond acceptors (Lipinski definition) is 4. The highest BCUT2D eigenvalue weighted by atomic mass is 79.9. The Kier molecular flexibility index (Phi) is 6.49. The zero-order valence-corrected chi connectivity index (χ0v) is 14.8. The first-order chi connectivity index (χ1) is 10.5. The lowest BCUT2D eigenvalue weighted by Crippen LogP contribution is -2.45. The molecule has 128 valence electrons. The summed E-state index contributed by atoms with van der Waals surface area (Å²) < 4.78 is 37.0. The fourth-order valence-corrected chi connectivity index (χ4v) is 2.04. The molecule has 0 spiro atoms. The summed E-state index contributed by atoms with van der Waals surface area (Å²) in [6.45, 7) is 4.97. The van der Waals surface area contributed by atoms with E-state index >= 15 is 0 Å². The predicted octanol–water partition coefficient (Wildman–Crippen LogP) is 3.34.